The van der Waals surface area contributed by atoms with Gasteiger partial charge < -0.3 is 4.57 Å². The number of benzene rings is 2. The van der Waals surface area contributed by atoms with Crippen LogP contribution in [-0.2, 0) is 18.4 Å². The molecule has 0 N–H and O–H groups in total. The molecule has 0 aliphatic rings. The van der Waals surface area contributed by atoms with E-state index in [0.29, 0.717) is 0 Å². The largest absolute Gasteiger partial charge is 0.330 e. The topological polar surface area (TPSA) is 17.8 Å². The van der Waals surface area contributed by atoms with E-state index < -0.39 is 0 Å². The lowest BCUT2D eigenvalue weighted by Gasteiger charge is -2.22. The molecule has 0 aliphatic heterocycles. The summed E-state index contributed by atoms with van der Waals surface area (Å²) >= 11 is 0. The Hall–Kier alpha value is -2.35. The van der Waals surface area contributed by atoms with Crippen molar-refractivity contribution in [2.24, 2.45) is 0 Å². The fraction of sp³-hybridized carbons (Fsp3) is 0.348. The van der Waals surface area contributed by atoms with Crippen molar-refractivity contribution >= 4 is 0 Å². The summed E-state index contributed by atoms with van der Waals surface area (Å²) in [4.78, 5) is 4.62. The Morgan fingerprint density at radius 3 is 2.20 bits per heavy atom. The van der Waals surface area contributed by atoms with Crippen molar-refractivity contribution in [3.8, 4) is 0 Å². The van der Waals surface area contributed by atoms with Crippen molar-refractivity contribution in [1.82, 2.24) is 9.55 Å². The van der Waals surface area contributed by atoms with Crippen molar-refractivity contribution < 1.29 is 0 Å². The van der Waals surface area contributed by atoms with Gasteiger partial charge in [0.2, 0.25) is 0 Å². The second-order valence-corrected chi connectivity index (χ2v) is 7.97. The lowest BCUT2D eigenvalue weighted by molar-refractivity contribution is 0.588. The fourth-order valence-corrected chi connectivity index (χ4v) is 3.29. The van der Waals surface area contributed by atoms with Crippen molar-refractivity contribution in [2.75, 3.05) is 0 Å². The van der Waals surface area contributed by atoms with Crippen LogP contribution in [0.25, 0.3) is 0 Å². The molecule has 2 aromatic carbocycles. The predicted octanol–water partition coefficient (Wildman–Crippen LogP) is 5.44. The van der Waals surface area contributed by atoms with Crippen LogP contribution in [0.3, 0.4) is 0 Å². The van der Waals surface area contributed by atoms with Crippen LogP contribution in [0.15, 0.2) is 54.9 Å². The minimum absolute atomic E-state index is 0.180. The van der Waals surface area contributed by atoms with Crippen molar-refractivity contribution in [1.29, 1.82) is 0 Å². The highest BCUT2D eigenvalue weighted by Gasteiger charge is 2.17. The zero-order valence-corrected chi connectivity index (χ0v) is 16.0. The summed E-state index contributed by atoms with van der Waals surface area (Å²) in [7, 11) is 0. The molecule has 0 radical (unpaired) electrons. The Morgan fingerprint density at radius 2 is 1.60 bits per heavy atom. The van der Waals surface area contributed by atoms with Gasteiger partial charge in [-0.2, -0.15) is 0 Å². The summed E-state index contributed by atoms with van der Waals surface area (Å²) in [6, 6.07) is 15.2. The molecule has 25 heavy (non-hydrogen) atoms. The van der Waals surface area contributed by atoms with Gasteiger partial charge in [0.15, 0.2) is 0 Å². The first-order valence-electron chi connectivity index (χ1n) is 8.99. The monoisotopic (exact) mass is 332 g/mol. The van der Waals surface area contributed by atoms with E-state index in [-0.39, 0.29) is 5.41 Å². The van der Waals surface area contributed by atoms with Crippen LogP contribution in [0, 0.1) is 13.8 Å². The molecule has 0 aliphatic carbocycles. The van der Waals surface area contributed by atoms with Crippen LogP contribution in [0.4, 0.5) is 0 Å². The Kier molecular flexibility index (Phi) is 4.80. The Bertz CT molecular complexity index is 828. The third kappa shape index (κ3) is 4.01. The third-order valence-corrected chi connectivity index (χ3v) is 4.89. The number of imidazole rings is 1. The maximum Gasteiger partial charge on any atom is 0.113 e. The maximum absolute atomic E-state index is 4.62. The van der Waals surface area contributed by atoms with Gasteiger partial charge in [-0.3, -0.25) is 0 Å². The Labute approximate surface area is 151 Å². The summed E-state index contributed by atoms with van der Waals surface area (Å²) < 4.78 is 2.26. The Morgan fingerprint density at radius 1 is 0.960 bits per heavy atom. The van der Waals surface area contributed by atoms with Crippen LogP contribution >= 0.6 is 0 Å². The highest BCUT2D eigenvalue weighted by atomic mass is 15.1. The molecule has 1 aromatic heterocycles. The van der Waals surface area contributed by atoms with E-state index in [1.165, 1.54) is 27.8 Å². The van der Waals surface area contributed by atoms with Gasteiger partial charge in [0.25, 0.3) is 0 Å². The van der Waals surface area contributed by atoms with Gasteiger partial charge in [-0.15, -0.1) is 0 Å². The molecule has 0 amide bonds. The molecule has 0 bridgehead atoms. The lowest BCUT2D eigenvalue weighted by atomic mass is 9.83. The number of aromatic nitrogens is 2. The van der Waals surface area contributed by atoms with E-state index in [1.807, 2.05) is 6.20 Å². The average molecular weight is 332 g/mol. The highest BCUT2D eigenvalue weighted by Crippen LogP contribution is 2.28. The summed E-state index contributed by atoms with van der Waals surface area (Å²) in [5.41, 5.74) is 7.00. The molecule has 0 saturated carbocycles. The van der Waals surface area contributed by atoms with Crippen LogP contribution in [0.2, 0.25) is 0 Å². The molecule has 0 fully saturated rings. The first-order valence-corrected chi connectivity index (χ1v) is 8.99. The smallest absolute Gasteiger partial charge is 0.113 e. The van der Waals surface area contributed by atoms with Crippen molar-refractivity contribution in [3.63, 3.8) is 0 Å². The lowest BCUT2D eigenvalue weighted by Crippen LogP contribution is -2.13. The Balaban J connectivity index is 1.88. The summed E-state index contributed by atoms with van der Waals surface area (Å²) in [6.07, 6.45) is 4.87. The van der Waals surface area contributed by atoms with Crippen LogP contribution in [0.1, 0.15) is 54.4 Å². The molecule has 3 aromatic rings. The molecule has 0 atom stereocenters. The maximum atomic E-state index is 4.62. The summed E-state index contributed by atoms with van der Waals surface area (Å²) in [5.74, 6) is 1.12. The van der Waals surface area contributed by atoms with Crippen LogP contribution in [0.5, 0.6) is 0 Å². The van der Waals surface area contributed by atoms with Gasteiger partial charge in [-0.25, -0.2) is 4.98 Å². The summed E-state index contributed by atoms with van der Waals surface area (Å²) in [5, 5.41) is 0. The van der Waals surface area contributed by atoms with E-state index in [4.69, 9.17) is 0 Å². The van der Waals surface area contributed by atoms with Gasteiger partial charge >= 0.3 is 0 Å². The van der Waals surface area contributed by atoms with Gasteiger partial charge in [0.1, 0.15) is 5.82 Å². The molecule has 2 heteroatoms. The molecule has 2 nitrogen and oxygen atoms in total. The first kappa shape index (κ1) is 17.5. The normalized spacial score (nSPS) is 11.7. The molecule has 0 unspecified atom stereocenters. The van der Waals surface area contributed by atoms with E-state index in [0.717, 1.165) is 18.8 Å². The average Bonchev–Trinajstić information content (AvgIpc) is 2.97. The second kappa shape index (κ2) is 6.87. The number of hydrogen-bond acceptors (Lipinski definition) is 1. The molecule has 0 saturated heterocycles. The van der Waals surface area contributed by atoms with Gasteiger partial charge in [0, 0.05) is 25.4 Å². The van der Waals surface area contributed by atoms with Gasteiger partial charge in [-0.05, 0) is 47.1 Å². The second-order valence-electron chi connectivity index (χ2n) is 7.97. The van der Waals surface area contributed by atoms with Crippen molar-refractivity contribution in [2.45, 2.75) is 53.0 Å². The molecule has 130 valence electrons. The molecule has 3 rings (SSSR count). The van der Waals surface area contributed by atoms with Crippen LogP contribution < -0.4 is 0 Å². The first-order chi connectivity index (χ1) is 11.8. The highest BCUT2D eigenvalue weighted by molar-refractivity contribution is 5.42. The van der Waals surface area contributed by atoms with E-state index >= 15 is 0 Å². The quantitative estimate of drug-likeness (QED) is 0.622. The number of nitrogens with zero attached hydrogens (tertiary/aromatic N) is 2. The van der Waals surface area contributed by atoms with E-state index in [1.54, 1.807) is 0 Å². The number of hydrogen-bond donors (Lipinski definition) is 0. The molecular formula is C23H28N2. The zero-order valence-electron chi connectivity index (χ0n) is 16.0. The van der Waals surface area contributed by atoms with Gasteiger partial charge in [-0.1, -0.05) is 63.2 Å². The van der Waals surface area contributed by atoms with Crippen LogP contribution in [-0.4, -0.2) is 9.55 Å². The molecule has 1 heterocycles. The fourth-order valence-electron chi connectivity index (χ4n) is 3.29. The van der Waals surface area contributed by atoms with Crippen molar-refractivity contribution in [3.05, 3.63) is 88.5 Å². The predicted molar refractivity (Wildman–Crippen MR) is 105 cm³/mol. The SMILES string of the molecule is Cc1cc(C(C)(C)C)cc(C)c1Cc1nccn1Cc1ccccc1. The minimum Gasteiger partial charge on any atom is -0.330 e. The zero-order chi connectivity index (χ0) is 18.0. The molecular weight excluding hydrogens is 304 g/mol. The summed E-state index contributed by atoms with van der Waals surface area (Å²) in [6.45, 7) is 12.1. The van der Waals surface area contributed by atoms with E-state index in [2.05, 4.69) is 92.8 Å². The number of rotatable bonds is 4. The standard InChI is InChI=1S/C23H28N2/c1-17-13-20(23(3,4)5)14-18(2)21(17)15-22-24-11-12-25(22)16-19-9-7-6-8-10-19/h6-14H,15-16H2,1-5H3. The minimum atomic E-state index is 0.180. The third-order valence-electron chi connectivity index (χ3n) is 4.89. The molecule has 0 spiro atoms. The number of aryl methyl sites for hydroxylation is 2. The van der Waals surface area contributed by atoms with Gasteiger partial charge in [0.05, 0.1) is 0 Å². The van der Waals surface area contributed by atoms with E-state index in [9.17, 15) is 0 Å².